The van der Waals surface area contributed by atoms with Crippen molar-refractivity contribution in [1.29, 1.82) is 0 Å². The third-order valence-corrected chi connectivity index (χ3v) is 3.83. The van der Waals surface area contributed by atoms with Gasteiger partial charge >= 0.3 is 5.56 Å². The number of hydrogen-bond acceptors (Lipinski definition) is 6. The molecule has 0 spiro atoms. The van der Waals surface area contributed by atoms with Crippen LogP contribution < -0.4 is 22.1 Å². The van der Waals surface area contributed by atoms with Crippen LogP contribution >= 0.6 is 12.2 Å². The van der Waals surface area contributed by atoms with Crippen LogP contribution in [0.15, 0.2) is 45.4 Å². The number of aryl methyl sites for hydroxylation is 1. The van der Waals surface area contributed by atoms with Gasteiger partial charge in [-0.3, -0.25) is 9.89 Å². The molecule has 1 aliphatic rings. The van der Waals surface area contributed by atoms with Crippen molar-refractivity contribution in [2.45, 2.75) is 25.6 Å². The van der Waals surface area contributed by atoms with Crippen LogP contribution in [0.25, 0.3) is 0 Å². The fourth-order valence-electron chi connectivity index (χ4n) is 2.46. The van der Waals surface area contributed by atoms with E-state index in [0.29, 0.717) is 5.69 Å². The first-order chi connectivity index (χ1) is 11.1. The van der Waals surface area contributed by atoms with Crippen molar-refractivity contribution in [1.82, 2.24) is 20.6 Å². The molecule has 2 atom stereocenters. The fourth-order valence-corrected chi connectivity index (χ4v) is 2.59. The van der Waals surface area contributed by atoms with Crippen molar-refractivity contribution in [3.05, 3.63) is 51.9 Å². The Labute approximate surface area is 137 Å². The van der Waals surface area contributed by atoms with Gasteiger partial charge in [0, 0.05) is 12.5 Å². The molecule has 0 radical (unpaired) electrons. The Bertz CT molecular complexity index is 795. The summed E-state index contributed by atoms with van der Waals surface area (Å²) in [6, 6.07) is 10.2. The first-order valence-electron chi connectivity index (χ1n) is 7.14. The molecule has 0 aliphatic carbocycles. The zero-order valence-electron chi connectivity index (χ0n) is 12.5. The number of aromatic nitrogens is 2. The molecule has 2 unspecified atom stereocenters. The first-order valence-corrected chi connectivity index (χ1v) is 7.55. The summed E-state index contributed by atoms with van der Waals surface area (Å²) in [6.45, 7) is 1.72. The molecule has 1 saturated heterocycles. The topological polar surface area (TPSA) is 113 Å². The second-order valence-electron chi connectivity index (χ2n) is 5.28. The molecule has 5 N–H and O–H groups in total. The number of nitrogens with two attached hydrogens (primary N) is 1. The highest BCUT2D eigenvalue weighted by Crippen LogP contribution is 2.23. The molecule has 1 aromatic carbocycles. The largest absolute Gasteiger partial charge is 0.374 e. The van der Waals surface area contributed by atoms with Crippen molar-refractivity contribution in [3.63, 3.8) is 0 Å². The Balaban J connectivity index is 1.73. The molecule has 8 nitrogen and oxygen atoms in total. The van der Waals surface area contributed by atoms with E-state index < -0.39 is 5.56 Å². The first kappa shape index (κ1) is 15.5. The van der Waals surface area contributed by atoms with Gasteiger partial charge in [0.2, 0.25) is 0 Å². The molecule has 120 valence electrons. The molecule has 1 aliphatic heterocycles. The Hall–Kier alpha value is -2.36. The summed E-state index contributed by atoms with van der Waals surface area (Å²) in [4.78, 5) is 12.1. The molecular weight excluding hydrogens is 314 g/mol. The smallest absolute Gasteiger partial charge is 0.301 e. The maximum absolute atomic E-state index is 12.1. The van der Waals surface area contributed by atoms with Gasteiger partial charge in [0.25, 0.3) is 0 Å². The summed E-state index contributed by atoms with van der Waals surface area (Å²) in [5.41, 5.74) is 13.3. The van der Waals surface area contributed by atoms with Crippen molar-refractivity contribution in [2.24, 2.45) is 16.0 Å². The van der Waals surface area contributed by atoms with E-state index in [1.165, 1.54) is 5.56 Å². The second-order valence-corrected chi connectivity index (χ2v) is 5.70. The highest BCUT2D eigenvalue weighted by Gasteiger charge is 2.24. The van der Waals surface area contributed by atoms with Gasteiger partial charge in [-0.2, -0.15) is 9.80 Å². The van der Waals surface area contributed by atoms with E-state index in [1.807, 2.05) is 18.2 Å². The summed E-state index contributed by atoms with van der Waals surface area (Å²) < 4.78 is 1.08. The molecule has 9 heteroatoms. The molecule has 23 heavy (non-hydrogen) atoms. The number of nitrogens with zero attached hydrogens (tertiary/aromatic N) is 3. The van der Waals surface area contributed by atoms with Gasteiger partial charge in [-0.1, -0.05) is 30.3 Å². The average molecular weight is 331 g/mol. The maximum Gasteiger partial charge on any atom is 0.301 e. The Morgan fingerprint density at radius 3 is 2.74 bits per heavy atom. The van der Waals surface area contributed by atoms with Gasteiger partial charge in [-0.05, 0) is 24.7 Å². The lowest BCUT2D eigenvalue weighted by Gasteiger charge is -2.07. The molecular formula is C14H17N7OS. The van der Waals surface area contributed by atoms with Gasteiger partial charge in [-0.15, -0.1) is 5.11 Å². The molecule has 0 saturated carbocycles. The minimum atomic E-state index is -0.399. The van der Waals surface area contributed by atoms with Crippen LogP contribution in [0.5, 0.6) is 0 Å². The second kappa shape index (κ2) is 6.41. The number of thiocarbonyl (C=S) groups is 1. The predicted molar refractivity (Wildman–Crippen MR) is 90.3 cm³/mol. The third-order valence-electron chi connectivity index (χ3n) is 3.64. The van der Waals surface area contributed by atoms with Crippen LogP contribution in [0.2, 0.25) is 0 Å². The minimum absolute atomic E-state index is 0.0515. The summed E-state index contributed by atoms with van der Waals surface area (Å²) in [6.07, 6.45) is 0.521. The highest BCUT2D eigenvalue weighted by atomic mass is 32.1. The number of nitrogens with one attached hydrogen (secondary N) is 3. The van der Waals surface area contributed by atoms with Crippen molar-refractivity contribution in [3.8, 4) is 0 Å². The number of rotatable bonds is 3. The zero-order valence-corrected chi connectivity index (χ0v) is 13.3. The van der Waals surface area contributed by atoms with Crippen LogP contribution in [0, 0.1) is 6.92 Å². The summed E-state index contributed by atoms with van der Waals surface area (Å²) in [7, 11) is 0. The van der Waals surface area contributed by atoms with Gasteiger partial charge in [0.05, 0.1) is 5.69 Å². The van der Waals surface area contributed by atoms with E-state index in [-0.39, 0.29) is 23.0 Å². The van der Waals surface area contributed by atoms with E-state index in [1.54, 1.807) is 6.92 Å². The number of H-pyrrole nitrogens is 1. The Morgan fingerprint density at radius 1 is 1.35 bits per heavy atom. The SMILES string of the molecule is Cc1[nH]n(C(N)=S)c(=O)c1N=NC1CC(c2ccccc2)NN1. The molecule has 0 bridgehead atoms. The number of azo groups is 1. The van der Waals surface area contributed by atoms with E-state index in [9.17, 15) is 4.79 Å². The van der Waals surface area contributed by atoms with Crippen LogP contribution in [0.4, 0.5) is 5.69 Å². The minimum Gasteiger partial charge on any atom is -0.374 e. The van der Waals surface area contributed by atoms with E-state index in [0.717, 1.165) is 11.1 Å². The highest BCUT2D eigenvalue weighted by molar-refractivity contribution is 7.80. The van der Waals surface area contributed by atoms with Crippen LogP contribution in [-0.2, 0) is 0 Å². The summed E-state index contributed by atoms with van der Waals surface area (Å²) in [5.74, 6) is 0. The van der Waals surface area contributed by atoms with Crippen LogP contribution in [0.3, 0.4) is 0 Å². The number of hydrogen-bond donors (Lipinski definition) is 4. The van der Waals surface area contributed by atoms with Crippen LogP contribution in [0.1, 0.15) is 23.7 Å². The molecule has 3 rings (SSSR count). The molecule has 1 fully saturated rings. The van der Waals surface area contributed by atoms with Crippen molar-refractivity contribution in [2.75, 3.05) is 0 Å². The third kappa shape index (κ3) is 3.21. The monoisotopic (exact) mass is 331 g/mol. The Morgan fingerprint density at radius 2 is 2.09 bits per heavy atom. The quantitative estimate of drug-likeness (QED) is 0.499. The van der Waals surface area contributed by atoms with Crippen molar-refractivity contribution < 1.29 is 0 Å². The predicted octanol–water partition coefficient (Wildman–Crippen LogP) is 1.23. The van der Waals surface area contributed by atoms with Crippen molar-refractivity contribution >= 4 is 23.0 Å². The summed E-state index contributed by atoms with van der Waals surface area (Å²) >= 11 is 4.80. The number of benzene rings is 1. The molecule has 1 aromatic heterocycles. The lowest BCUT2D eigenvalue weighted by molar-refractivity contribution is 0.542. The van der Waals surface area contributed by atoms with Gasteiger partial charge in [0.15, 0.2) is 10.8 Å². The summed E-state index contributed by atoms with van der Waals surface area (Å²) in [5, 5.41) is 11.0. The fraction of sp³-hybridized carbons (Fsp3) is 0.286. The molecule has 0 amide bonds. The molecule has 2 aromatic rings. The zero-order chi connectivity index (χ0) is 16.4. The molecule has 2 heterocycles. The lowest BCUT2D eigenvalue weighted by atomic mass is 10.1. The maximum atomic E-state index is 12.1. The van der Waals surface area contributed by atoms with E-state index in [2.05, 4.69) is 38.3 Å². The normalized spacial score (nSPS) is 21.1. The number of aromatic amines is 1. The van der Waals surface area contributed by atoms with Gasteiger partial charge in [0.1, 0.15) is 6.17 Å². The average Bonchev–Trinajstić information content (AvgIpc) is 3.12. The standard InChI is InChI=1S/C14H17N7OS/c1-8-12(13(22)21(20-8)14(15)23)19-18-11-7-10(16-17-11)9-5-3-2-4-6-9/h2-6,10-11,16-17,20H,7H2,1H3,(H2,15,23). The lowest BCUT2D eigenvalue weighted by Crippen LogP contribution is -2.30. The van der Waals surface area contributed by atoms with E-state index in [4.69, 9.17) is 18.0 Å². The van der Waals surface area contributed by atoms with E-state index >= 15 is 0 Å². The number of hydrazine groups is 1. The Kier molecular flexibility index (Phi) is 4.33. The van der Waals surface area contributed by atoms with Crippen LogP contribution in [-0.4, -0.2) is 21.1 Å². The van der Waals surface area contributed by atoms with Gasteiger partial charge in [-0.25, -0.2) is 10.9 Å². The van der Waals surface area contributed by atoms with Gasteiger partial charge < -0.3 is 5.73 Å².